The molecular formula is C8H7BrN4O. The third-order valence-corrected chi connectivity index (χ3v) is 2.47. The largest absolute Gasteiger partial charge is 0.368 e. The zero-order chi connectivity index (χ0) is 10.3. The number of fused-ring (bicyclic) bond motifs is 1. The maximum atomic E-state index is 11.3. The molecule has 0 aliphatic rings. The third-order valence-electron chi connectivity index (χ3n) is 1.87. The Balaban J connectivity index is 2.96. The monoisotopic (exact) mass is 254 g/mol. The third kappa shape index (κ3) is 1.37. The molecule has 0 spiro atoms. The van der Waals surface area contributed by atoms with Crippen LogP contribution in [0.4, 0.5) is 5.95 Å². The first-order valence-electron chi connectivity index (χ1n) is 3.90. The van der Waals surface area contributed by atoms with Crippen molar-refractivity contribution in [1.82, 2.24) is 15.0 Å². The van der Waals surface area contributed by atoms with Gasteiger partial charge in [0.05, 0.1) is 5.39 Å². The number of aryl methyl sites for hydroxylation is 1. The van der Waals surface area contributed by atoms with Crippen LogP contribution >= 0.6 is 15.9 Å². The van der Waals surface area contributed by atoms with Crippen LogP contribution in [0, 0.1) is 6.92 Å². The number of nitrogens with one attached hydrogen (secondary N) is 1. The molecular weight excluding hydrogens is 248 g/mol. The molecule has 2 aromatic rings. The van der Waals surface area contributed by atoms with Gasteiger partial charge in [0.25, 0.3) is 5.56 Å². The van der Waals surface area contributed by atoms with E-state index in [1.807, 2.05) is 0 Å². The SMILES string of the molecule is Cc1cc2c(Br)nc(N)nc2[nH]c1=O. The first-order chi connectivity index (χ1) is 6.58. The highest BCUT2D eigenvalue weighted by atomic mass is 79.9. The Morgan fingerprint density at radius 2 is 2.21 bits per heavy atom. The smallest absolute Gasteiger partial charge is 0.252 e. The second-order valence-corrected chi connectivity index (χ2v) is 3.67. The summed E-state index contributed by atoms with van der Waals surface area (Å²) in [6.45, 7) is 1.72. The van der Waals surface area contributed by atoms with Gasteiger partial charge in [-0.3, -0.25) is 4.79 Å². The first-order valence-corrected chi connectivity index (χ1v) is 4.70. The number of anilines is 1. The van der Waals surface area contributed by atoms with E-state index in [2.05, 4.69) is 30.9 Å². The quantitative estimate of drug-likeness (QED) is 0.687. The van der Waals surface area contributed by atoms with Crippen molar-refractivity contribution in [2.75, 3.05) is 5.73 Å². The van der Waals surface area contributed by atoms with Crippen molar-refractivity contribution in [3.8, 4) is 0 Å². The van der Waals surface area contributed by atoms with Crippen molar-refractivity contribution in [3.05, 3.63) is 26.6 Å². The Bertz CT molecular complexity index is 563. The van der Waals surface area contributed by atoms with Crippen molar-refractivity contribution < 1.29 is 0 Å². The number of nitrogen functional groups attached to an aromatic ring is 1. The van der Waals surface area contributed by atoms with Crippen molar-refractivity contribution in [1.29, 1.82) is 0 Å². The summed E-state index contributed by atoms with van der Waals surface area (Å²) < 4.78 is 0.583. The standard InChI is InChI=1S/C8H7BrN4O/c1-3-2-4-5(9)11-8(10)13-6(4)12-7(3)14/h2H,1H3,(H3,10,11,12,13,14). The van der Waals surface area contributed by atoms with E-state index in [1.54, 1.807) is 13.0 Å². The molecule has 14 heavy (non-hydrogen) atoms. The number of rotatable bonds is 0. The molecule has 3 N–H and O–H groups in total. The van der Waals surface area contributed by atoms with Crippen LogP contribution in [0.1, 0.15) is 5.56 Å². The van der Waals surface area contributed by atoms with Crippen LogP contribution < -0.4 is 11.3 Å². The highest BCUT2D eigenvalue weighted by Gasteiger charge is 2.05. The number of hydrogen-bond donors (Lipinski definition) is 2. The summed E-state index contributed by atoms with van der Waals surface area (Å²) in [5, 5.41) is 0.747. The molecule has 0 saturated carbocycles. The predicted molar refractivity (Wildman–Crippen MR) is 57.0 cm³/mol. The lowest BCUT2D eigenvalue weighted by atomic mass is 10.2. The molecule has 0 aromatic carbocycles. The molecule has 72 valence electrons. The van der Waals surface area contributed by atoms with Gasteiger partial charge in [-0.25, -0.2) is 4.98 Å². The van der Waals surface area contributed by atoms with Gasteiger partial charge in [0.1, 0.15) is 10.3 Å². The Morgan fingerprint density at radius 1 is 1.50 bits per heavy atom. The fourth-order valence-corrected chi connectivity index (χ4v) is 1.65. The number of nitrogens with zero attached hydrogens (tertiary/aromatic N) is 2. The van der Waals surface area contributed by atoms with Gasteiger partial charge >= 0.3 is 0 Å². The fourth-order valence-electron chi connectivity index (χ4n) is 1.17. The molecule has 0 atom stereocenters. The summed E-state index contributed by atoms with van der Waals surface area (Å²) in [6, 6.07) is 1.72. The van der Waals surface area contributed by atoms with Crippen LogP contribution in [0.25, 0.3) is 11.0 Å². The molecule has 0 radical (unpaired) electrons. The Morgan fingerprint density at radius 3 is 2.93 bits per heavy atom. The lowest BCUT2D eigenvalue weighted by Gasteiger charge is -2.01. The molecule has 0 aliphatic carbocycles. The van der Waals surface area contributed by atoms with Gasteiger partial charge in [-0.05, 0) is 28.9 Å². The molecule has 0 unspecified atom stereocenters. The van der Waals surface area contributed by atoms with E-state index in [4.69, 9.17) is 5.73 Å². The summed E-state index contributed by atoms with van der Waals surface area (Å²) in [5.41, 5.74) is 6.34. The average molecular weight is 255 g/mol. The van der Waals surface area contributed by atoms with E-state index in [-0.39, 0.29) is 11.5 Å². The second-order valence-electron chi connectivity index (χ2n) is 2.92. The van der Waals surface area contributed by atoms with Crippen LogP contribution in [-0.2, 0) is 0 Å². The minimum absolute atomic E-state index is 0.129. The minimum atomic E-state index is -0.164. The summed E-state index contributed by atoms with van der Waals surface area (Å²) in [4.78, 5) is 21.8. The van der Waals surface area contributed by atoms with Crippen molar-refractivity contribution in [2.45, 2.75) is 6.92 Å². The molecule has 0 bridgehead atoms. The maximum Gasteiger partial charge on any atom is 0.252 e. The number of aromatic nitrogens is 3. The van der Waals surface area contributed by atoms with Gasteiger partial charge in [-0.1, -0.05) is 0 Å². The van der Waals surface area contributed by atoms with Crippen molar-refractivity contribution in [2.24, 2.45) is 0 Å². The van der Waals surface area contributed by atoms with Gasteiger partial charge in [0.15, 0.2) is 0 Å². The van der Waals surface area contributed by atoms with Crippen LogP contribution in [0.5, 0.6) is 0 Å². The van der Waals surface area contributed by atoms with Crippen LogP contribution in [-0.4, -0.2) is 15.0 Å². The summed E-state index contributed by atoms with van der Waals surface area (Å²) in [7, 11) is 0. The Labute approximate surface area is 87.5 Å². The molecule has 2 rings (SSSR count). The van der Waals surface area contributed by atoms with Crippen LogP contribution in [0.15, 0.2) is 15.5 Å². The highest BCUT2D eigenvalue weighted by Crippen LogP contribution is 2.19. The molecule has 0 aliphatic heterocycles. The number of hydrogen-bond acceptors (Lipinski definition) is 4. The van der Waals surface area contributed by atoms with Gasteiger partial charge in [0.2, 0.25) is 5.95 Å². The minimum Gasteiger partial charge on any atom is -0.368 e. The van der Waals surface area contributed by atoms with Crippen LogP contribution in [0.3, 0.4) is 0 Å². The molecule has 6 heteroatoms. The van der Waals surface area contributed by atoms with E-state index in [0.717, 1.165) is 5.39 Å². The lowest BCUT2D eigenvalue weighted by Crippen LogP contribution is -2.10. The topological polar surface area (TPSA) is 84.7 Å². The van der Waals surface area contributed by atoms with E-state index >= 15 is 0 Å². The molecule has 2 heterocycles. The van der Waals surface area contributed by atoms with Gasteiger partial charge in [0, 0.05) is 5.56 Å². The first kappa shape index (κ1) is 9.14. The van der Waals surface area contributed by atoms with Crippen molar-refractivity contribution >= 4 is 32.9 Å². The predicted octanol–water partition coefficient (Wildman–Crippen LogP) is 0.971. The molecule has 0 fully saturated rings. The molecule has 0 amide bonds. The number of H-pyrrole nitrogens is 1. The second kappa shape index (κ2) is 3.06. The Kier molecular flexibility index (Phi) is 1.99. The number of aromatic amines is 1. The van der Waals surface area contributed by atoms with E-state index in [1.165, 1.54) is 0 Å². The van der Waals surface area contributed by atoms with Gasteiger partial charge < -0.3 is 10.7 Å². The lowest BCUT2D eigenvalue weighted by molar-refractivity contribution is 1.14. The number of halogens is 1. The van der Waals surface area contributed by atoms with E-state index in [9.17, 15) is 4.79 Å². The Hall–Kier alpha value is -1.43. The summed E-state index contributed by atoms with van der Waals surface area (Å²) in [5.74, 6) is 0.129. The molecule has 5 nitrogen and oxygen atoms in total. The van der Waals surface area contributed by atoms with Gasteiger partial charge in [-0.2, -0.15) is 4.98 Å². The summed E-state index contributed by atoms with van der Waals surface area (Å²) >= 11 is 3.25. The average Bonchev–Trinajstić information content (AvgIpc) is 2.08. The zero-order valence-corrected chi connectivity index (χ0v) is 8.92. The van der Waals surface area contributed by atoms with Crippen molar-refractivity contribution in [3.63, 3.8) is 0 Å². The zero-order valence-electron chi connectivity index (χ0n) is 7.34. The molecule has 0 saturated heterocycles. The highest BCUT2D eigenvalue weighted by molar-refractivity contribution is 9.10. The van der Waals surface area contributed by atoms with E-state index < -0.39 is 0 Å². The molecule has 2 aromatic heterocycles. The maximum absolute atomic E-state index is 11.3. The van der Waals surface area contributed by atoms with Gasteiger partial charge in [-0.15, -0.1) is 0 Å². The van der Waals surface area contributed by atoms with Crippen LogP contribution in [0.2, 0.25) is 0 Å². The fraction of sp³-hybridized carbons (Fsp3) is 0.125. The summed E-state index contributed by atoms with van der Waals surface area (Å²) in [6.07, 6.45) is 0. The number of nitrogens with two attached hydrogens (primary N) is 1. The van der Waals surface area contributed by atoms with E-state index in [0.29, 0.717) is 15.8 Å². The normalized spacial score (nSPS) is 10.7. The number of pyridine rings is 1.